The van der Waals surface area contributed by atoms with Crippen molar-refractivity contribution in [3.8, 4) is 0 Å². The van der Waals surface area contributed by atoms with Gasteiger partial charge in [-0.3, -0.25) is 14.7 Å². The molecular weight excluding hydrogens is 508 g/mol. The summed E-state index contributed by atoms with van der Waals surface area (Å²) >= 11 is 0. The summed E-state index contributed by atoms with van der Waals surface area (Å²) in [4.78, 5) is 24.2. The molecule has 0 aliphatic carbocycles. The minimum absolute atomic E-state index is 0.000492. The zero-order chi connectivity index (χ0) is 27.3. The third-order valence-corrected chi connectivity index (χ3v) is 7.28. The van der Waals surface area contributed by atoms with Gasteiger partial charge in [0.15, 0.2) is 6.29 Å². The highest BCUT2D eigenvalue weighted by Gasteiger charge is 2.33. The van der Waals surface area contributed by atoms with E-state index in [-0.39, 0.29) is 30.4 Å². The lowest BCUT2D eigenvalue weighted by atomic mass is 9.99. The fourth-order valence-corrected chi connectivity index (χ4v) is 5.13. The summed E-state index contributed by atoms with van der Waals surface area (Å²) < 4.78 is 18.5. The van der Waals surface area contributed by atoms with E-state index in [0.717, 1.165) is 55.1 Å². The second-order valence-electron chi connectivity index (χ2n) is 10.1. The average molecular weight is 541 g/mol. The van der Waals surface area contributed by atoms with Crippen LogP contribution >= 0.6 is 0 Å². The first-order valence-electron chi connectivity index (χ1n) is 13.6. The molecule has 2 aliphatic heterocycles. The van der Waals surface area contributed by atoms with Crippen molar-refractivity contribution in [2.75, 3.05) is 38.2 Å². The largest absolute Gasteiger partial charge is 0.392 e. The molecule has 0 bridgehead atoms. The molecule has 9 nitrogen and oxygen atoms in total. The molecule has 1 amide bonds. The normalized spacial score (nSPS) is 21.8. The van der Waals surface area contributed by atoms with Crippen molar-refractivity contribution < 1.29 is 24.1 Å². The van der Waals surface area contributed by atoms with Crippen LogP contribution in [0.4, 0.5) is 5.69 Å². The number of aliphatic hydroxyl groups is 1. The second kappa shape index (κ2) is 12.2. The predicted molar refractivity (Wildman–Crippen MR) is 150 cm³/mol. The minimum Gasteiger partial charge on any atom is -0.392 e. The van der Waals surface area contributed by atoms with Crippen molar-refractivity contribution in [2.45, 2.75) is 31.5 Å². The third-order valence-electron chi connectivity index (χ3n) is 7.28. The molecule has 0 saturated carbocycles. The minimum atomic E-state index is -0.611. The van der Waals surface area contributed by atoms with Crippen molar-refractivity contribution >= 4 is 22.6 Å². The Morgan fingerprint density at radius 2 is 1.75 bits per heavy atom. The van der Waals surface area contributed by atoms with Crippen molar-refractivity contribution in [1.29, 1.82) is 0 Å². The van der Waals surface area contributed by atoms with Crippen LogP contribution in [0.15, 0.2) is 79.0 Å². The van der Waals surface area contributed by atoms with Crippen LogP contribution in [0.25, 0.3) is 11.0 Å². The van der Waals surface area contributed by atoms with Gasteiger partial charge in [-0.05, 0) is 35.4 Å². The van der Waals surface area contributed by atoms with Gasteiger partial charge in [0.25, 0.3) is 5.91 Å². The third kappa shape index (κ3) is 6.19. The monoisotopic (exact) mass is 540 g/mol. The number of rotatable bonds is 7. The molecule has 1 aromatic heterocycles. The number of para-hydroxylation sites is 2. The molecule has 9 heteroatoms. The summed E-state index contributed by atoms with van der Waals surface area (Å²) in [7, 11) is 0. The van der Waals surface area contributed by atoms with Crippen molar-refractivity contribution in [1.82, 2.24) is 14.9 Å². The maximum atomic E-state index is 13.0. The predicted octanol–water partition coefficient (Wildman–Crippen LogP) is 4.25. The van der Waals surface area contributed by atoms with Crippen LogP contribution in [0.2, 0.25) is 0 Å². The molecule has 40 heavy (non-hydrogen) atoms. The number of fused-ring (bicyclic) bond motifs is 1. The number of hydrogen-bond donors (Lipinski definition) is 2. The lowest BCUT2D eigenvalue weighted by Crippen LogP contribution is -2.44. The van der Waals surface area contributed by atoms with E-state index in [2.05, 4.69) is 20.2 Å². The first-order valence-corrected chi connectivity index (χ1v) is 13.6. The summed E-state index contributed by atoms with van der Waals surface area (Å²) in [5.74, 6) is -0.340. The van der Waals surface area contributed by atoms with Crippen molar-refractivity contribution in [3.63, 3.8) is 0 Å². The van der Waals surface area contributed by atoms with Gasteiger partial charge in [0, 0.05) is 37.3 Å². The van der Waals surface area contributed by atoms with Crippen LogP contribution in [0.3, 0.4) is 0 Å². The van der Waals surface area contributed by atoms with Crippen LogP contribution in [0, 0.1) is 0 Å². The van der Waals surface area contributed by atoms with E-state index in [1.807, 2.05) is 72.8 Å². The van der Waals surface area contributed by atoms with Gasteiger partial charge in [0.2, 0.25) is 0 Å². The molecule has 3 atom stereocenters. The van der Waals surface area contributed by atoms with E-state index >= 15 is 0 Å². The number of benzene rings is 3. The van der Waals surface area contributed by atoms with E-state index in [0.29, 0.717) is 17.6 Å². The van der Waals surface area contributed by atoms with E-state index < -0.39 is 6.29 Å². The number of nitrogens with one attached hydrogen (secondary N) is 1. The Morgan fingerprint density at radius 3 is 2.55 bits per heavy atom. The van der Waals surface area contributed by atoms with Gasteiger partial charge >= 0.3 is 0 Å². The molecule has 4 aromatic rings. The number of hydrogen-bond acceptors (Lipinski definition) is 8. The first kappa shape index (κ1) is 26.5. The highest BCUT2D eigenvalue weighted by molar-refractivity contribution is 6.03. The molecule has 3 heterocycles. The highest BCUT2D eigenvalue weighted by Crippen LogP contribution is 2.38. The molecule has 2 saturated heterocycles. The number of carbonyl (C=O) groups is 1. The standard InChI is InChI=1S/C31H32N4O5/c36-20-21-8-10-22(11-9-21)29-17-25(19-35-12-14-38-15-13-35)39-31(40-29)23-4-3-5-24(16-23)33-30(37)28-18-32-26-6-1-2-7-27(26)34-28/h1-11,16,18,25,29,31,36H,12-15,17,19-20H2,(H,33,37). The van der Waals surface area contributed by atoms with E-state index in [1.54, 1.807) is 0 Å². The summed E-state index contributed by atoms with van der Waals surface area (Å²) in [5, 5.41) is 12.4. The number of morpholine rings is 1. The fraction of sp³-hybridized carbons (Fsp3) is 0.323. The SMILES string of the molecule is O=C(Nc1cccc(C2OC(CN3CCOCC3)CC(c3ccc(CO)cc3)O2)c1)c1cnc2ccccc2n1. The van der Waals surface area contributed by atoms with Crippen LogP contribution < -0.4 is 5.32 Å². The highest BCUT2D eigenvalue weighted by atomic mass is 16.7. The zero-order valence-corrected chi connectivity index (χ0v) is 22.1. The van der Waals surface area contributed by atoms with Gasteiger partial charge in [-0.15, -0.1) is 0 Å². The number of nitrogens with zero attached hydrogens (tertiary/aromatic N) is 3. The van der Waals surface area contributed by atoms with Crippen LogP contribution in [0.5, 0.6) is 0 Å². The van der Waals surface area contributed by atoms with Gasteiger partial charge in [0.05, 0.1) is 49.3 Å². The number of anilines is 1. The molecular formula is C31H32N4O5. The quantitative estimate of drug-likeness (QED) is 0.358. The number of aliphatic hydroxyl groups excluding tert-OH is 1. The Kier molecular flexibility index (Phi) is 8.08. The van der Waals surface area contributed by atoms with Crippen molar-refractivity contribution in [3.05, 3.63) is 101 Å². The molecule has 6 rings (SSSR count). The van der Waals surface area contributed by atoms with Gasteiger partial charge < -0.3 is 24.6 Å². The molecule has 0 radical (unpaired) electrons. The zero-order valence-electron chi connectivity index (χ0n) is 22.1. The average Bonchev–Trinajstić information content (AvgIpc) is 3.01. The van der Waals surface area contributed by atoms with Gasteiger partial charge in [-0.2, -0.15) is 0 Å². The topological polar surface area (TPSA) is 106 Å². The van der Waals surface area contributed by atoms with E-state index in [9.17, 15) is 9.90 Å². The number of carbonyl (C=O) groups excluding carboxylic acids is 1. The Balaban J connectivity index is 1.21. The molecule has 2 N–H and O–H groups in total. The second-order valence-corrected chi connectivity index (χ2v) is 10.1. The van der Waals surface area contributed by atoms with Gasteiger partial charge in [-0.1, -0.05) is 48.5 Å². The lowest BCUT2D eigenvalue weighted by molar-refractivity contribution is -0.253. The summed E-state index contributed by atoms with van der Waals surface area (Å²) in [5.41, 5.74) is 4.96. The van der Waals surface area contributed by atoms with E-state index in [1.165, 1.54) is 6.20 Å². The van der Waals surface area contributed by atoms with Crippen LogP contribution in [-0.4, -0.2) is 64.8 Å². The number of aromatic nitrogens is 2. The summed E-state index contributed by atoms with van der Waals surface area (Å²) in [6.07, 6.45) is 1.36. The van der Waals surface area contributed by atoms with Crippen LogP contribution in [0.1, 0.15) is 46.0 Å². The fourth-order valence-electron chi connectivity index (χ4n) is 5.13. The summed E-state index contributed by atoms with van der Waals surface area (Å²) in [6.45, 7) is 3.98. The maximum Gasteiger partial charge on any atom is 0.275 e. The molecule has 3 unspecified atom stereocenters. The Hall–Kier alpha value is -3.73. The first-order chi connectivity index (χ1) is 19.6. The Labute approximate surface area is 232 Å². The Bertz CT molecular complexity index is 1460. The van der Waals surface area contributed by atoms with E-state index in [4.69, 9.17) is 14.2 Å². The smallest absolute Gasteiger partial charge is 0.275 e. The molecule has 3 aromatic carbocycles. The van der Waals surface area contributed by atoms with Crippen molar-refractivity contribution in [2.24, 2.45) is 0 Å². The maximum absolute atomic E-state index is 13.0. The Morgan fingerprint density at radius 1 is 0.950 bits per heavy atom. The van der Waals surface area contributed by atoms with Gasteiger partial charge in [-0.25, -0.2) is 4.98 Å². The van der Waals surface area contributed by atoms with Gasteiger partial charge in [0.1, 0.15) is 5.69 Å². The molecule has 2 aliphatic rings. The molecule has 2 fully saturated rings. The number of amides is 1. The number of ether oxygens (including phenoxy) is 3. The van der Waals surface area contributed by atoms with Crippen LogP contribution in [-0.2, 0) is 20.8 Å². The molecule has 0 spiro atoms. The summed E-state index contributed by atoms with van der Waals surface area (Å²) in [6, 6.07) is 22.8. The lowest BCUT2D eigenvalue weighted by Gasteiger charge is -2.39. The molecule has 206 valence electrons.